The number of likely N-dealkylation sites (N-methyl/N-ethyl adjacent to an activating group) is 1. The maximum atomic E-state index is 12.9. The fourth-order valence-electron chi connectivity index (χ4n) is 4.59. The summed E-state index contributed by atoms with van der Waals surface area (Å²) in [6.07, 6.45) is 6.02. The van der Waals surface area contributed by atoms with Gasteiger partial charge in [0.05, 0.1) is 27.7 Å². The molecule has 1 atom stereocenters. The summed E-state index contributed by atoms with van der Waals surface area (Å²) in [4.78, 5) is 23.5. The van der Waals surface area contributed by atoms with Gasteiger partial charge in [0.25, 0.3) is 0 Å². The van der Waals surface area contributed by atoms with Gasteiger partial charge in [0, 0.05) is 11.7 Å². The first kappa shape index (κ1) is 31.3. The van der Waals surface area contributed by atoms with Gasteiger partial charge in [0.1, 0.15) is 17.4 Å². The monoisotopic (exact) mass is 612 g/mol. The van der Waals surface area contributed by atoms with Gasteiger partial charge in [-0.3, -0.25) is 4.79 Å². The summed E-state index contributed by atoms with van der Waals surface area (Å²) in [6, 6.07) is 10.5. The van der Waals surface area contributed by atoms with Crippen LogP contribution < -0.4 is 20.7 Å². The smallest absolute Gasteiger partial charge is 0.247 e. The summed E-state index contributed by atoms with van der Waals surface area (Å²) in [7, 11) is -1.46. The third-order valence-corrected chi connectivity index (χ3v) is 9.67. The summed E-state index contributed by atoms with van der Waals surface area (Å²) >= 11 is 6.40. The number of piperidine rings is 1. The Hall–Kier alpha value is -3.67. The zero-order valence-corrected chi connectivity index (χ0v) is 25.8. The van der Waals surface area contributed by atoms with Crippen molar-refractivity contribution in [2.75, 3.05) is 36.1 Å². The molecule has 0 saturated carbocycles. The topological polar surface area (TPSA) is 126 Å². The SMILES string of the molecule is C=CC(=O)Nc1cc(Nc2ncc(Cl)c(Nc3ccccc3S(=O)(=O)C(C)C)n2)c(C)cc1OCC1CCCCN1C. The second-order valence-corrected chi connectivity index (χ2v) is 13.4. The Kier molecular flexibility index (Phi) is 10.1. The lowest BCUT2D eigenvalue weighted by molar-refractivity contribution is -0.111. The quantitative estimate of drug-likeness (QED) is 0.220. The van der Waals surface area contributed by atoms with E-state index in [2.05, 4.69) is 44.4 Å². The molecule has 1 amide bonds. The summed E-state index contributed by atoms with van der Waals surface area (Å²) in [5.74, 6) is 0.630. The minimum Gasteiger partial charge on any atom is -0.490 e. The number of para-hydroxylation sites is 1. The third-order valence-electron chi connectivity index (χ3n) is 7.18. The molecule has 0 aliphatic carbocycles. The number of hydrogen-bond acceptors (Lipinski definition) is 9. The van der Waals surface area contributed by atoms with Crippen molar-refractivity contribution in [2.45, 2.75) is 56.2 Å². The highest BCUT2D eigenvalue weighted by molar-refractivity contribution is 7.92. The summed E-state index contributed by atoms with van der Waals surface area (Å²) in [5.41, 5.74) is 2.30. The molecular formula is C30H37ClN6O4S. The first-order chi connectivity index (χ1) is 20.0. The fraction of sp³-hybridized carbons (Fsp3) is 0.367. The molecule has 42 heavy (non-hydrogen) atoms. The third kappa shape index (κ3) is 7.39. The molecule has 3 N–H and O–H groups in total. The number of rotatable bonds is 11. The molecule has 4 rings (SSSR count). The Bertz CT molecular complexity index is 1560. The molecule has 10 nitrogen and oxygen atoms in total. The van der Waals surface area contributed by atoms with Crippen LogP contribution in [-0.2, 0) is 14.6 Å². The lowest BCUT2D eigenvalue weighted by Crippen LogP contribution is -2.40. The summed E-state index contributed by atoms with van der Waals surface area (Å²) in [6.45, 7) is 10.3. The van der Waals surface area contributed by atoms with Gasteiger partial charge >= 0.3 is 0 Å². The van der Waals surface area contributed by atoms with Crippen molar-refractivity contribution >= 4 is 56.2 Å². The second-order valence-electron chi connectivity index (χ2n) is 10.5. The molecule has 1 unspecified atom stereocenters. The number of carbonyl (C=O) groups excluding carboxylic acids is 1. The van der Waals surface area contributed by atoms with E-state index in [0.29, 0.717) is 35.5 Å². The Balaban J connectivity index is 1.60. The van der Waals surface area contributed by atoms with Gasteiger partial charge in [-0.2, -0.15) is 4.98 Å². The number of amides is 1. The number of aromatic nitrogens is 2. The molecule has 0 radical (unpaired) electrons. The van der Waals surface area contributed by atoms with E-state index in [1.54, 1.807) is 44.2 Å². The largest absolute Gasteiger partial charge is 0.490 e. The zero-order chi connectivity index (χ0) is 30.4. The molecule has 12 heteroatoms. The maximum absolute atomic E-state index is 12.9. The minimum absolute atomic E-state index is 0.151. The zero-order valence-electron chi connectivity index (χ0n) is 24.3. The predicted molar refractivity (Wildman–Crippen MR) is 168 cm³/mol. The van der Waals surface area contributed by atoms with Crippen molar-refractivity contribution in [1.82, 2.24) is 14.9 Å². The van der Waals surface area contributed by atoms with Crippen LogP contribution in [0.15, 0.2) is 60.1 Å². The molecule has 1 aliphatic heterocycles. The van der Waals surface area contributed by atoms with Gasteiger partial charge in [0.2, 0.25) is 11.9 Å². The lowest BCUT2D eigenvalue weighted by atomic mass is 10.0. The van der Waals surface area contributed by atoms with Crippen molar-refractivity contribution < 1.29 is 17.9 Å². The minimum atomic E-state index is -3.56. The Morgan fingerprint density at radius 3 is 2.67 bits per heavy atom. The summed E-state index contributed by atoms with van der Waals surface area (Å²) < 4.78 is 32.0. The molecule has 0 spiro atoms. The van der Waals surface area contributed by atoms with E-state index < -0.39 is 15.1 Å². The average Bonchev–Trinajstić information content (AvgIpc) is 2.96. The normalized spacial score (nSPS) is 15.7. The van der Waals surface area contributed by atoms with Gasteiger partial charge in [-0.15, -0.1) is 0 Å². The van der Waals surface area contributed by atoms with Crippen molar-refractivity contribution in [3.63, 3.8) is 0 Å². The number of likely N-dealkylation sites (tertiary alicyclic amines) is 1. The van der Waals surface area contributed by atoms with E-state index in [1.807, 2.05) is 13.0 Å². The maximum Gasteiger partial charge on any atom is 0.247 e. The molecular weight excluding hydrogens is 576 g/mol. The van der Waals surface area contributed by atoms with Crippen LogP contribution in [0.4, 0.5) is 28.8 Å². The van der Waals surface area contributed by atoms with E-state index in [1.165, 1.54) is 18.7 Å². The van der Waals surface area contributed by atoms with E-state index >= 15 is 0 Å². The van der Waals surface area contributed by atoms with Crippen LogP contribution in [-0.4, -0.2) is 60.7 Å². The van der Waals surface area contributed by atoms with Crippen molar-refractivity contribution in [2.24, 2.45) is 0 Å². The van der Waals surface area contributed by atoms with Crippen LogP contribution in [0.3, 0.4) is 0 Å². The highest BCUT2D eigenvalue weighted by Crippen LogP contribution is 2.35. The Labute approximate surface area is 252 Å². The van der Waals surface area contributed by atoms with E-state index in [-0.39, 0.29) is 27.6 Å². The molecule has 2 aromatic carbocycles. The number of aryl methyl sites for hydroxylation is 1. The number of benzene rings is 2. The van der Waals surface area contributed by atoms with Crippen LogP contribution in [0, 0.1) is 6.92 Å². The summed E-state index contributed by atoms with van der Waals surface area (Å²) in [5, 5.41) is 8.67. The number of nitrogens with zero attached hydrogens (tertiary/aromatic N) is 3. The van der Waals surface area contributed by atoms with Crippen LogP contribution in [0.2, 0.25) is 5.02 Å². The molecule has 224 valence electrons. The molecule has 1 aliphatic rings. The number of nitrogens with one attached hydrogen (secondary N) is 3. The van der Waals surface area contributed by atoms with Crippen LogP contribution in [0.25, 0.3) is 0 Å². The number of ether oxygens (including phenoxy) is 1. The van der Waals surface area contributed by atoms with E-state index in [9.17, 15) is 13.2 Å². The number of hydrogen-bond donors (Lipinski definition) is 3. The molecule has 1 aromatic heterocycles. The van der Waals surface area contributed by atoms with Gasteiger partial charge in [-0.05, 0) is 83.1 Å². The molecule has 1 saturated heterocycles. The first-order valence-corrected chi connectivity index (χ1v) is 15.7. The van der Waals surface area contributed by atoms with Crippen molar-refractivity contribution in [3.05, 3.63) is 65.8 Å². The molecule has 2 heterocycles. The first-order valence-electron chi connectivity index (χ1n) is 13.8. The fourth-order valence-corrected chi connectivity index (χ4v) is 5.93. The molecule has 0 bridgehead atoms. The number of anilines is 5. The second kappa shape index (κ2) is 13.5. The standard InChI is InChI=1S/C30H37ClN6O4S/c1-6-28(38)33-25-16-24(20(4)15-26(25)41-18-21-11-9-10-14-37(21)5)35-30-32-17-22(31)29(36-30)34-23-12-7-8-13-27(23)42(39,40)19(2)3/h6-8,12-13,15-17,19,21H,1,9-11,14,18H2,2-5H3,(H,33,38)(H2,32,34,35,36). The van der Waals surface area contributed by atoms with Gasteiger partial charge in [0.15, 0.2) is 15.7 Å². The highest BCUT2D eigenvalue weighted by Gasteiger charge is 2.24. The van der Waals surface area contributed by atoms with Gasteiger partial charge < -0.3 is 25.6 Å². The number of halogens is 1. The van der Waals surface area contributed by atoms with Crippen molar-refractivity contribution in [3.8, 4) is 5.75 Å². The van der Waals surface area contributed by atoms with Crippen LogP contribution in [0.1, 0.15) is 38.7 Å². The Morgan fingerprint density at radius 1 is 1.19 bits per heavy atom. The predicted octanol–water partition coefficient (Wildman–Crippen LogP) is 6.10. The number of sulfone groups is 1. The molecule has 1 fully saturated rings. The van der Waals surface area contributed by atoms with E-state index in [4.69, 9.17) is 16.3 Å². The van der Waals surface area contributed by atoms with Crippen LogP contribution >= 0.6 is 11.6 Å². The van der Waals surface area contributed by atoms with Crippen LogP contribution in [0.5, 0.6) is 5.75 Å². The van der Waals surface area contributed by atoms with E-state index in [0.717, 1.165) is 24.9 Å². The average molecular weight is 613 g/mol. The molecule has 3 aromatic rings. The lowest BCUT2D eigenvalue weighted by Gasteiger charge is -2.32. The van der Waals surface area contributed by atoms with Gasteiger partial charge in [-0.25, -0.2) is 13.4 Å². The highest BCUT2D eigenvalue weighted by atomic mass is 35.5. The van der Waals surface area contributed by atoms with Gasteiger partial charge in [-0.1, -0.05) is 36.7 Å². The van der Waals surface area contributed by atoms with Crippen molar-refractivity contribution in [1.29, 1.82) is 0 Å². The Morgan fingerprint density at radius 2 is 1.95 bits per heavy atom. The number of carbonyl (C=O) groups is 1.